The van der Waals surface area contributed by atoms with Crippen LogP contribution < -0.4 is 14.2 Å². The first-order valence-corrected chi connectivity index (χ1v) is 10.7. The first-order chi connectivity index (χ1) is 16.2. The summed E-state index contributed by atoms with van der Waals surface area (Å²) in [7, 11) is 1.63. The molecule has 0 radical (unpaired) electrons. The summed E-state index contributed by atoms with van der Waals surface area (Å²) in [5, 5.41) is 10.1. The summed E-state index contributed by atoms with van der Waals surface area (Å²) < 4.78 is 17.3. The van der Waals surface area contributed by atoms with Crippen molar-refractivity contribution in [3.05, 3.63) is 119 Å². The lowest BCUT2D eigenvalue weighted by atomic mass is 10.1. The van der Waals surface area contributed by atoms with E-state index in [0.29, 0.717) is 30.5 Å². The van der Waals surface area contributed by atoms with E-state index in [9.17, 15) is 5.11 Å². The van der Waals surface area contributed by atoms with Crippen molar-refractivity contribution in [3.8, 4) is 23.0 Å². The van der Waals surface area contributed by atoms with Gasteiger partial charge in [0.1, 0.15) is 24.7 Å². The molecule has 0 spiro atoms. The molecule has 0 aromatic heterocycles. The van der Waals surface area contributed by atoms with Crippen LogP contribution in [0, 0.1) is 0 Å². The van der Waals surface area contributed by atoms with Crippen LogP contribution in [0.5, 0.6) is 23.0 Å². The summed E-state index contributed by atoms with van der Waals surface area (Å²) in [4.78, 5) is 0. The molecule has 0 saturated heterocycles. The van der Waals surface area contributed by atoms with Crippen LogP contribution in [0.3, 0.4) is 0 Å². The molecule has 0 aliphatic heterocycles. The summed E-state index contributed by atoms with van der Waals surface area (Å²) in [5.74, 6) is 2.12. The van der Waals surface area contributed by atoms with E-state index >= 15 is 0 Å². The van der Waals surface area contributed by atoms with Crippen molar-refractivity contribution in [1.82, 2.24) is 0 Å². The van der Waals surface area contributed by atoms with Gasteiger partial charge in [0.2, 0.25) is 0 Å². The molecule has 4 aromatic rings. The number of rotatable bonds is 9. The van der Waals surface area contributed by atoms with E-state index in [-0.39, 0.29) is 5.75 Å². The fourth-order valence-corrected chi connectivity index (χ4v) is 3.36. The lowest BCUT2D eigenvalue weighted by Gasteiger charge is -2.11. The molecule has 0 aliphatic carbocycles. The third-order valence-electron chi connectivity index (χ3n) is 5.06. The predicted octanol–water partition coefficient (Wildman–Crippen LogP) is 6.73. The minimum Gasteiger partial charge on any atom is -0.508 e. The highest BCUT2D eigenvalue weighted by molar-refractivity contribution is 5.72. The van der Waals surface area contributed by atoms with E-state index in [1.165, 1.54) is 0 Å². The van der Waals surface area contributed by atoms with Crippen molar-refractivity contribution < 1.29 is 19.3 Å². The van der Waals surface area contributed by atoms with Crippen molar-refractivity contribution in [2.75, 3.05) is 7.11 Å². The molecule has 0 fully saturated rings. The van der Waals surface area contributed by atoms with E-state index < -0.39 is 0 Å². The Hall–Kier alpha value is -4.18. The molecule has 4 heteroatoms. The van der Waals surface area contributed by atoms with Gasteiger partial charge in [-0.2, -0.15) is 0 Å². The SMILES string of the molecule is COc1ccc(C=Cc2cc(O)cc(OCc3ccccc3)c2)cc1OCc1ccccc1. The molecule has 1 N–H and O–H groups in total. The Labute approximate surface area is 194 Å². The average Bonchev–Trinajstić information content (AvgIpc) is 2.86. The second-order valence-corrected chi connectivity index (χ2v) is 7.55. The fourth-order valence-electron chi connectivity index (χ4n) is 3.36. The third-order valence-corrected chi connectivity index (χ3v) is 5.06. The zero-order valence-corrected chi connectivity index (χ0v) is 18.5. The number of hydrogen-bond donors (Lipinski definition) is 1. The molecule has 4 rings (SSSR count). The number of hydrogen-bond acceptors (Lipinski definition) is 4. The Morgan fingerprint density at radius 3 is 1.94 bits per heavy atom. The minimum absolute atomic E-state index is 0.154. The Morgan fingerprint density at radius 2 is 1.27 bits per heavy atom. The van der Waals surface area contributed by atoms with Crippen molar-refractivity contribution in [2.24, 2.45) is 0 Å². The van der Waals surface area contributed by atoms with Crippen LogP contribution in [-0.4, -0.2) is 12.2 Å². The average molecular weight is 439 g/mol. The molecular weight excluding hydrogens is 412 g/mol. The molecule has 0 unspecified atom stereocenters. The van der Waals surface area contributed by atoms with Crippen molar-refractivity contribution >= 4 is 12.2 Å². The van der Waals surface area contributed by atoms with Gasteiger partial charge in [-0.1, -0.05) is 78.9 Å². The van der Waals surface area contributed by atoms with Crippen molar-refractivity contribution in [2.45, 2.75) is 13.2 Å². The number of methoxy groups -OCH3 is 1. The third kappa shape index (κ3) is 6.40. The molecule has 0 aliphatic rings. The molecule has 0 bridgehead atoms. The number of phenols is 1. The Morgan fingerprint density at radius 1 is 0.636 bits per heavy atom. The predicted molar refractivity (Wildman–Crippen MR) is 132 cm³/mol. The Bertz CT molecular complexity index is 1200. The molecule has 4 nitrogen and oxygen atoms in total. The molecule has 0 amide bonds. The highest BCUT2D eigenvalue weighted by Crippen LogP contribution is 2.30. The van der Waals surface area contributed by atoms with Gasteiger partial charge in [-0.3, -0.25) is 0 Å². The summed E-state index contributed by atoms with van der Waals surface area (Å²) in [5.41, 5.74) is 3.94. The molecule has 166 valence electrons. The number of ether oxygens (including phenoxy) is 3. The van der Waals surface area contributed by atoms with Gasteiger partial charge in [0, 0.05) is 6.07 Å². The molecule has 33 heavy (non-hydrogen) atoms. The van der Waals surface area contributed by atoms with E-state index in [2.05, 4.69) is 0 Å². The van der Waals surface area contributed by atoms with Crippen LogP contribution in [0.15, 0.2) is 97.1 Å². The number of aromatic hydroxyl groups is 1. The second kappa shape index (κ2) is 10.9. The van der Waals surface area contributed by atoms with E-state index in [1.807, 2.05) is 97.1 Å². The molecule has 0 saturated carbocycles. The summed E-state index contributed by atoms with van der Waals surface area (Å²) >= 11 is 0. The maximum Gasteiger partial charge on any atom is 0.162 e. The Kier molecular flexibility index (Phi) is 7.29. The maximum atomic E-state index is 10.1. The molecule has 0 atom stereocenters. The highest BCUT2D eigenvalue weighted by Gasteiger charge is 2.06. The van der Waals surface area contributed by atoms with Gasteiger partial charge in [0.05, 0.1) is 7.11 Å². The quantitative estimate of drug-likeness (QED) is 0.294. The highest BCUT2D eigenvalue weighted by atomic mass is 16.5. The van der Waals surface area contributed by atoms with Crippen molar-refractivity contribution in [1.29, 1.82) is 0 Å². The summed E-state index contributed by atoms with van der Waals surface area (Å²) in [6.45, 7) is 0.896. The second-order valence-electron chi connectivity index (χ2n) is 7.55. The molecule has 4 aromatic carbocycles. The van der Waals surface area contributed by atoms with Crippen LogP contribution in [-0.2, 0) is 13.2 Å². The minimum atomic E-state index is 0.154. The zero-order chi connectivity index (χ0) is 22.9. The molecular formula is C29H26O4. The van der Waals surface area contributed by atoms with E-state index in [4.69, 9.17) is 14.2 Å². The van der Waals surface area contributed by atoms with E-state index in [1.54, 1.807) is 19.2 Å². The van der Waals surface area contributed by atoms with Gasteiger partial charge in [0.15, 0.2) is 11.5 Å². The van der Waals surface area contributed by atoms with Crippen LogP contribution >= 0.6 is 0 Å². The standard InChI is InChI=1S/C29H26O4/c1-31-28-15-14-22(18-29(28)33-21-24-10-6-3-7-11-24)12-13-25-16-26(30)19-27(17-25)32-20-23-8-4-2-5-9-23/h2-19,30H,20-21H2,1H3. The van der Waals surface area contributed by atoms with Gasteiger partial charge < -0.3 is 19.3 Å². The largest absolute Gasteiger partial charge is 0.508 e. The normalized spacial score (nSPS) is 10.8. The van der Waals surface area contributed by atoms with Crippen LogP contribution in [0.4, 0.5) is 0 Å². The van der Waals surface area contributed by atoms with Crippen LogP contribution in [0.2, 0.25) is 0 Å². The first-order valence-electron chi connectivity index (χ1n) is 10.7. The Balaban J connectivity index is 1.47. The fraction of sp³-hybridized carbons (Fsp3) is 0.103. The number of benzene rings is 4. The number of phenolic OH excluding ortho intramolecular Hbond substituents is 1. The maximum absolute atomic E-state index is 10.1. The van der Waals surface area contributed by atoms with Gasteiger partial charge in [-0.05, 0) is 46.5 Å². The molecule has 0 heterocycles. The van der Waals surface area contributed by atoms with Gasteiger partial charge in [-0.15, -0.1) is 0 Å². The zero-order valence-electron chi connectivity index (χ0n) is 18.5. The van der Waals surface area contributed by atoms with Gasteiger partial charge in [0.25, 0.3) is 0 Å². The first kappa shape index (κ1) is 22.0. The smallest absolute Gasteiger partial charge is 0.162 e. The summed E-state index contributed by atoms with van der Waals surface area (Å²) in [6.07, 6.45) is 3.89. The van der Waals surface area contributed by atoms with Crippen molar-refractivity contribution in [3.63, 3.8) is 0 Å². The lowest BCUT2D eigenvalue weighted by molar-refractivity contribution is 0.284. The van der Waals surface area contributed by atoms with E-state index in [0.717, 1.165) is 22.3 Å². The van der Waals surface area contributed by atoms with Gasteiger partial charge in [-0.25, -0.2) is 0 Å². The van der Waals surface area contributed by atoms with Crippen LogP contribution in [0.25, 0.3) is 12.2 Å². The van der Waals surface area contributed by atoms with Crippen LogP contribution in [0.1, 0.15) is 22.3 Å². The lowest BCUT2D eigenvalue weighted by Crippen LogP contribution is -1.97. The monoisotopic (exact) mass is 438 g/mol. The van der Waals surface area contributed by atoms with Gasteiger partial charge >= 0.3 is 0 Å². The summed E-state index contributed by atoms with van der Waals surface area (Å²) in [6, 6.07) is 30.9. The topological polar surface area (TPSA) is 47.9 Å².